The van der Waals surface area contributed by atoms with Gasteiger partial charge in [-0.05, 0) is 17.7 Å². The second-order valence-corrected chi connectivity index (χ2v) is 7.46. The zero-order valence-electron chi connectivity index (χ0n) is 16.1. The van der Waals surface area contributed by atoms with Gasteiger partial charge in [-0.15, -0.1) is 4.33 Å². The molecule has 2 aromatic rings. The monoisotopic (exact) mass is 436 g/mol. The predicted octanol–water partition coefficient (Wildman–Crippen LogP) is 2.98. The van der Waals surface area contributed by atoms with Gasteiger partial charge in [0.15, 0.2) is 0 Å². The zero-order valence-corrected chi connectivity index (χ0v) is 17.0. The maximum Gasteiger partial charge on any atom is 0.333 e. The van der Waals surface area contributed by atoms with Gasteiger partial charge in [-0.25, -0.2) is 10.1 Å². The molecular formula is C20H24N2O7S. The van der Waals surface area contributed by atoms with Crippen molar-refractivity contribution in [2.75, 3.05) is 11.9 Å². The second kappa shape index (κ2) is 11.7. The second-order valence-electron chi connectivity index (χ2n) is 6.66. The molecule has 0 radical (unpaired) electrons. The van der Waals surface area contributed by atoms with Crippen molar-refractivity contribution in [1.29, 1.82) is 0 Å². The lowest BCUT2D eigenvalue weighted by Crippen LogP contribution is -2.49. The Bertz CT molecular complexity index is 809. The molecule has 1 heterocycles. The van der Waals surface area contributed by atoms with E-state index in [4.69, 9.17) is 18.9 Å². The summed E-state index contributed by atoms with van der Waals surface area (Å²) >= 11 is -2.29. The topological polar surface area (TPSA) is 115 Å². The Kier molecular flexibility index (Phi) is 8.75. The van der Waals surface area contributed by atoms with E-state index in [1.54, 1.807) is 12.1 Å². The molecule has 0 bridgehead atoms. The first kappa shape index (κ1) is 22.3. The van der Waals surface area contributed by atoms with Crippen molar-refractivity contribution in [3.05, 3.63) is 66.2 Å². The fourth-order valence-electron chi connectivity index (χ4n) is 3.08. The summed E-state index contributed by atoms with van der Waals surface area (Å²) in [4.78, 5) is 12.3. The van der Waals surface area contributed by atoms with Gasteiger partial charge in [-0.2, -0.15) is 4.21 Å². The van der Waals surface area contributed by atoms with Crippen LogP contribution >= 0.6 is 0 Å². The summed E-state index contributed by atoms with van der Waals surface area (Å²) in [7, 11) is 0. The van der Waals surface area contributed by atoms with Crippen molar-refractivity contribution in [3.8, 4) is 0 Å². The third-order valence-corrected chi connectivity index (χ3v) is 4.87. The molecule has 2 aromatic carbocycles. The van der Waals surface area contributed by atoms with Gasteiger partial charge in [0.2, 0.25) is 0 Å². The minimum atomic E-state index is -2.29. The molecule has 4 unspecified atom stereocenters. The summed E-state index contributed by atoms with van der Waals surface area (Å²) in [6.45, 7) is 0.310. The summed E-state index contributed by atoms with van der Waals surface area (Å²) in [5.41, 5.74) is 1.68. The molecule has 0 spiro atoms. The zero-order chi connectivity index (χ0) is 21.2. The number of para-hydroxylation sites is 1. The number of nitrogens with one attached hydrogen (secondary N) is 2. The largest absolute Gasteiger partial charge is 0.373 e. The Balaban J connectivity index is 1.57. The van der Waals surface area contributed by atoms with E-state index in [0.717, 1.165) is 5.56 Å². The first-order chi connectivity index (χ1) is 14.6. The van der Waals surface area contributed by atoms with Crippen molar-refractivity contribution in [1.82, 2.24) is 5.32 Å². The molecule has 2 amide bonds. The lowest BCUT2D eigenvalue weighted by Gasteiger charge is -2.35. The SMILES string of the molecule is O=C(Nc1ccccc1)NC1CC(OCc2ccccc2)CC(COS(=O)OO)O1. The molecule has 3 N–H and O–H groups in total. The van der Waals surface area contributed by atoms with Crippen molar-refractivity contribution in [3.63, 3.8) is 0 Å². The van der Waals surface area contributed by atoms with Crippen LogP contribution < -0.4 is 10.6 Å². The number of benzene rings is 2. The highest BCUT2D eigenvalue weighted by Crippen LogP contribution is 2.23. The molecule has 1 aliphatic heterocycles. The van der Waals surface area contributed by atoms with Crippen LogP contribution in [0, 0.1) is 0 Å². The Morgan fingerprint density at radius 2 is 1.80 bits per heavy atom. The number of carbonyl (C=O) groups excluding carboxylic acids is 1. The number of carbonyl (C=O) groups is 1. The standard InChI is InChI=1S/C20H24N2O7S/c23-20(21-16-9-5-2-6-10-16)22-19-12-17(26-13-15-7-3-1-4-8-15)11-18(28-19)14-27-30(25)29-24/h1-10,17-19,24H,11-14H2,(H2,21,22,23). The molecule has 162 valence electrons. The number of amides is 2. The highest BCUT2D eigenvalue weighted by atomic mass is 32.2. The molecule has 4 atom stereocenters. The van der Waals surface area contributed by atoms with Crippen LogP contribution in [0.5, 0.6) is 0 Å². The summed E-state index contributed by atoms with van der Waals surface area (Å²) in [6, 6.07) is 18.3. The van der Waals surface area contributed by atoms with E-state index in [1.165, 1.54) is 0 Å². The lowest BCUT2D eigenvalue weighted by molar-refractivity contribution is -0.148. The van der Waals surface area contributed by atoms with Crippen molar-refractivity contribution >= 4 is 23.1 Å². The van der Waals surface area contributed by atoms with Gasteiger partial charge in [0, 0.05) is 18.5 Å². The van der Waals surface area contributed by atoms with Crippen LogP contribution in [-0.4, -0.2) is 40.5 Å². The van der Waals surface area contributed by atoms with E-state index in [0.29, 0.717) is 25.1 Å². The number of ether oxygens (including phenoxy) is 2. The molecule has 3 rings (SSSR count). The molecule has 1 aliphatic rings. The van der Waals surface area contributed by atoms with Crippen LogP contribution in [-0.2, 0) is 36.0 Å². The molecular weight excluding hydrogens is 412 g/mol. The highest BCUT2D eigenvalue weighted by Gasteiger charge is 2.32. The first-order valence-electron chi connectivity index (χ1n) is 9.43. The Morgan fingerprint density at radius 1 is 1.10 bits per heavy atom. The molecule has 0 aliphatic carbocycles. The molecule has 9 nitrogen and oxygen atoms in total. The van der Waals surface area contributed by atoms with Crippen LogP contribution in [0.1, 0.15) is 18.4 Å². The van der Waals surface area contributed by atoms with E-state index in [-0.39, 0.29) is 12.7 Å². The minimum Gasteiger partial charge on any atom is -0.373 e. The molecule has 10 heteroatoms. The molecule has 0 saturated carbocycles. The van der Waals surface area contributed by atoms with Crippen molar-refractivity contribution in [2.45, 2.75) is 37.9 Å². The van der Waals surface area contributed by atoms with E-state index >= 15 is 0 Å². The van der Waals surface area contributed by atoms with Gasteiger partial charge in [0.1, 0.15) is 6.23 Å². The molecule has 1 saturated heterocycles. The Labute approximate surface area is 177 Å². The highest BCUT2D eigenvalue weighted by molar-refractivity contribution is 7.75. The van der Waals surface area contributed by atoms with E-state index in [9.17, 15) is 9.00 Å². The predicted molar refractivity (Wildman–Crippen MR) is 109 cm³/mol. The third-order valence-electron chi connectivity index (χ3n) is 4.42. The number of urea groups is 1. The molecule has 1 fully saturated rings. The van der Waals surface area contributed by atoms with Crippen molar-refractivity contribution in [2.24, 2.45) is 0 Å². The van der Waals surface area contributed by atoms with Crippen LogP contribution in [0.3, 0.4) is 0 Å². The van der Waals surface area contributed by atoms with Gasteiger partial charge < -0.3 is 20.1 Å². The number of hydrogen-bond donors (Lipinski definition) is 3. The van der Waals surface area contributed by atoms with E-state index in [2.05, 4.69) is 15.0 Å². The Hall–Kier alpha value is -2.34. The summed E-state index contributed by atoms with van der Waals surface area (Å²) in [5.74, 6) is 0. The van der Waals surface area contributed by atoms with Crippen molar-refractivity contribution < 1.29 is 32.3 Å². The number of rotatable bonds is 9. The van der Waals surface area contributed by atoms with Crippen LogP contribution in [0.25, 0.3) is 0 Å². The fourth-order valence-corrected chi connectivity index (χ4v) is 3.39. The van der Waals surface area contributed by atoms with Crippen LogP contribution in [0.4, 0.5) is 10.5 Å². The average Bonchev–Trinajstić information content (AvgIpc) is 2.77. The normalized spacial score (nSPS) is 22.2. The first-order valence-corrected chi connectivity index (χ1v) is 10.4. The quantitative estimate of drug-likeness (QED) is 0.409. The third kappa shape index (κ3) is 7.48. The average molecular weight is 436 g/mol. The maximum absolute atomic E-state index is 12.3. The summed E-state index contributed by atoms with van der Waals surface area (Å²) < 4.78 is 31.5. The fraction of sp³-hybridized carbons (Fsp3) is 0.350. The van der Waals surface area contributed by atoms with Crippen LogP contribution in [0.2, 0.25) is 0 Å². The van der Waals surface area contributed by atoms with Gasteiger partial charge in [0.05, 0.1) is 25.4 Å². The van der Waals surface area contributed by atoms with Gasteiger partial charge in [-0.3, -0.25) is 4.18 Å². The van der Waals surface area contributed by atoms with Gasteiger partial charge in [-0.1, -0.05) is 48.5 Å². The minimum absolute atomic E-state index is 0.100. The summed E-state index contributed by atoms with van der Waals surface area (Å²) in [5, 5.41) is 13.9. The van der Waals surface area contributed by atoms with E-state index < -0.39 is 29.7 Å². The molecule has 0 aromatic heterocycles. The van der Waals surface area contributed by atoms with Gasteiger partial charge >= 0.3 is 17.4 Å². The molecule has 30 heavy (non-hydrogen) atoms. The number of anilines is 1. The van der Waals surface area contributed by atoms with E-state index in [1.807, 2.05) is 48.5 Å². The number of hydrogen-bond acceptors (Lipinski definition) is 7. The van der Waals surface area contributed by atoms with Gasteiger partial charge in [0.25, 0.3) is 0 Å². The maximum atomic E-state index is 12.3. The lowest BCUT2D eigenvalue weighted by atomic mass is 10.0. The summed E-state index contributed by atoms with van der Waals surface area (Å²) in [6.07, 6.45) is -0.474. The van der Waals surface area contributed by atoms with Crippen LogP contribution in [0.15, 0.2) is 60.7 Å². The smallest absolute Gasteiger partial charge is 0.333 e. The Morgan fingerprint density at radius 3 is 2.50 bits per heavy atom.